The lowest BCUT2D eigenvalue weighted by molar-refractivity contribution is 0.0544. The fraction of sp³-hybridized carbons (Fsp3) is 0.632. The summed E-state index contributed by atoms with van der Waals surface area (Å²) in [7, 11) is 0. The maximum Gasteiger partial charge on any atom is 0.230 e. The van der Waals surface area contributed by atoms with Crippen molar-refractivity contribution in [3.8, 4) is 11.4 Å². The zero-order chi connectivity index (χ0) is 16.7. The minimum absolute atomic E-state index is 0.360. The van der Waals surface area contributed by atoms with Gasteiger partial charge in [-0.3, -0.25) is 0 Å². The zero-order valence-corrected chi connectivity index (χ0v) is 14.5. The summed E-state index contributed by atoms with van der Waals surface area (Å²) in [4.78, 5) is 11.6. The van der Waals surface area contributed by atoms with Gasteiger partial charge in [-0.2, -0.15) is 4.98 Å². The van der Waals surface area contributed by atoms with Gasteiger partial charge in [-0.05, 0) is 56.1 Å². The van der Waals surface area contributed by atoms with Crippen molar-refractivity contribution in [1.29, 1.82) is 0 Å². The normalized spacial score (nSPS) is 25.3. The van der Waals surface area contributed by atoms with Crippen LogP contribution in [0.15, 0.2) is 22.9 Å². The molecule has 1 saturated carbocycles. The lowest BCUT2D eigenvalue weighted by Gasteiger charge is -2.27. The van der Waals surface area contributed by atoms with Gasteiger partial charge < -0.3 is 14.2 Å². The molecule has 1 spiro atoms. The summed E-state index contributed by atoms with van der Waals surface area (Å²) in [6.07, 6.45) is 9.09. The highest BCUT2D eigenvalue weighted by Crippen LogP contribution is 2.64. The van der Waals surface area contributed by atoms with Gasteiger partial charge in [0.15, 0.2) is 0 Å². The van der Waals surface area contributed by atoms with E-state index in [0.29, 0.717) is 17.2 Å². The molecule has 0 radical (unpaired) electrons. The second kappa shape index (κ2) is 6.09. The van der Waals surface area contributed by atoms with Gasteiger partial charge in [-0.1, -0.05) is 5.16 Å². The van der Waals surface area contributed by atoms with Crippen molar-refractivity contribution < 1.29 is 9.26 Å². The largest absolute Gasteiger partial charge is 0.381 e. The predicted octanol–water partition coefficient (Wildman–Crippen LogP) is 3.41. The quantitative estimate of drug-likeness (QED) is 0.853. The van der Waals surface area contributed by atoms with Crippen LogP contribution in [0.2, 0.25) is 0 Å². The van der Waals surface area contributed by atoms with Crippen molar-refractivity contribution in [1.82, 2.24) is 15.1 Å². The number of aromatic nitrogens is 3. The summed E-state index contributed by atoms with van der Waals surface area (Å²) in [5, 5.41) is 4.20. The summed E-state index contributed by atoms with van der Waals surface area (Å²) < 4.78 is 11.1. The van der Waals surface area contributed by atoms with E-state index < -0.39 is 0 Å². The van der Waals surface area contributed by atoms with Gasteiger partial charge in [-0.25, -0.2) is 4.98 Å². The van der Waals surface area contributed by atoms with Crippen molar-refractivity contribution in [2.75, 3.05) is 31.2 Å². The molecule has 6 nitrogen and oxygen atoms in total. The molecule has 0 bridgehead atoms. The van der Waals surface area contributed by atoms with Crippen molar-refractivity contribution in [3.05, 3.63) is 24.2 Å². The van der Waals surface area contributed by atoms with Gasteiger partial charge in [0, 0.05) is 44.0 Å². The molecule has 0 unspecified atom stereocenters. The molecule has 2 saturated heterocycles. The van der Waals surface area contributed by atoms with E-state index in [1.165, 1.54) is 19.3 Å². The van der Waals surface area contributed by atoms with Crippen LogP contribution < -0.4 is 4.90 Å². The van der Waals surface area contributed by atoms with E-state index in [0.717, 1.165) is 62.8 Å². The van der Waals surface area contributed by atoms with Crippen LogP contribution in [0, 0.1) is 5.41 Å². The Bertz CT molecular complexity index is 730. The first-order valence-electron chi connectivity index (χ1n) is 9.47. The highest BCUT2D eigenvalue weighted by Gasteiger charge is 2.57. The first-order valence-corrected chi connectivity index (χ1v) is 9.47. The van der Waals surface area contributed by atoms with Gasteiger partial charge in [0.1, 0.15) is 5.82 Å². The third kappa shape index (κ3) is 2.82. The summed E-state index contributed by atoms with van der Waals surface area (Å²) >= 11 is 0. The van der Waals surface area contributed by atoms with Crippen molar-refractivity contribution in [2.45, 2.75) is 44.4 Å². The third-order valence-electron chi connectivity index (χ3n) is 6.10. The summed E-state index contributed by atoms with van der Waals surface area (Å²) in [6, 6.07) is 4.14. The Morgan fingerprint density at radius 3 is 2.68 bits per heavy atom. The molecule has 1 atom stereocenters. The Kier molecular flexibility index (Phi) is 3.73. The Hall–Kier alpha value is -1.95. The van der Waals surface area contributed by atoms with Crippen LogP contribution in [0.5, 0.6) is 0 Å². The van der Waals surface area contributed by atoms with Gasteiger partial charge in [-0.15, -0.1) is 0 Å². The van der Waals surface area contributed by atoms with Gasteiger partial charge in [0.25, 0.3) is 0 Å². The zero-order valence-electron chi connectivity index (χ0n) is 14.5. The molecule has 2 aromatic rings. The molecule has 3 fully saturated rings. The van der Waals surface area contributed by atoms with E-state index in [-0.39, 0.29) is 0 Å². The predicted molar refractivity (Wildman–Crippen MR) is 93.4 cm³/mol. The molecular formula is C19H24N4O2. The Morgan fingerprint density at radius 2 is 1.92 bits per heavy atom. The standard InChI is InChI=1S/C19H24N4O2/c1-2-8-23(9-3-1)16-5-4-14(13-20-16)17-21-18(25-22-17)15-12-19(15)6-10-24-11-7-19/h4-5,13,15H,1-3,6-12H2/t15-/m1/s1. The molecule has 5 rings (SSSR count). The highest BCUT2D eigenvalue weighted by molar-refractivity contribution is 5.56. The van der Waals surface area contributed by atoms with Crippen LogP contribution >= 0.6 is 0 Å². The molecular weight excluding hydrogens is 316 g/mol. The fourth-order valence-electron chi connectivity index (χ4n) is 4.35. The maximum atomic E-state index is 5.58. The second-order valence-electron chi connectivity index (χ2n) is 7.64. The van der Waals surface area contributed by atoms with Crippen LogP contribution in [0.1, 0.15) is 50.3 Å². The van der Waals surface area contributed by atoms with Crippen LogP contribution in [-0.2, 0) is 4.74 Å². The highest BCUT2D eigenvalue weighted by atomic mass is 16.5. The average Bonchev–Trinajstić information content (AvgIpc) is 3.15. The van der Waals surface area contributed by atoms with Crippen LogP contribution in [0.3, 0.4) is 0 Å². The lowest BCUT2D eigenvalue weighted by atomic mass is 9.94. The van der Waals surface area contributed by atoms with E-state index >= 15 is 0 Å². The van der Waals surface area contributed by atoms with Gasteiger partial charge in [0.05, 0.1) is 0 Å². The molecule has 0 amide bonds. The van der Waals surface area contributed by atoms with E-state index in [1.54, 1.807) is 0 Å². The maximum absolute atomic E-state index is 5.58. The van der Waals surface area contributed by atoms with Crippen LogP contribution in [0.4, 0.5) is 5.82 Å². The summed E-state index contributed by atoms with van der Waals surface area (Å²) in [5.74, 6) is 2.91. The van der Waals surface area contributed by atoms with Gasteiger partial charge >= 0.3 is 0 Å². The summed E-state index contributed by atoms with van der Waals surface area (Å²) in [5.41, 5.74) is 1.29. The minimum Gasteiger partial charge on any atom is -0.381 e. The molecule has 6 heteroatoms. The number of hydrogen-bond donors (Lipinski definition) is 0. The van der Waals surface area contributed by atoms with Crippen molar-refractivity contribution in [3.63, 3.8) is 0 Å². The molecule has 0 N–H and O–H groups in total. The van der Waals surface area contributed by atoms with Crippen molar-refractivity contribution in [2.24, 2.45) is 5.41 Å². The van der Waals surface area contributed by atoms with E-state index in [1.807, 2.05) is 6.20 Å². The van der Waals surface area contributed by atoms with Crippen molar-refractivity contribution >= 4 is 5.82 Å². The molecule has 132 valence electrons. The Labute approximate surface area is 147 Å². The Balaban J connectivity index is 1.30. The lowest BCUT2D eigenvalue weighted by Crippen LogP contribution is -2.29. The molecule has 2 aliphatic heterocycles. The third-order valence-corrected chi connectivity index (χ3v) is 6.10. The number of hydrogen-bond acceptors (Lipinski definition) is 6. The number of pyridine rings is 1. The number of ether oxygens (including phenoxy) is 1. The average molecular weight is 340 g/mol. The van der Waals surface area contributed by atoms with E-state index in [2.05, 4.69) is 32.2 Å². The molecule has 0 aromatic carbocycles. The molecule has 4 heterocycles. The Morgan fingerprint density at radius 1 is 1.08 bits per heavy atom. The number of nitrogens with zero attached hydrogens (tertiary/aromatic N) is 4. The first kappa shape index (κ1) is 15.3. The monoisotopic (exact) mass is 340 g/mol. The molecule has 2 aromatic heterocycles. The smallest absolute Gasteiger partial charge is 0.230 e. The van der Waals surface area contributed by atoms with Gasteiger partial charge in [0.2, 0.25) is 11.7 Å². The summed E-state index contributed by atoms with van der Waals surface area (Å²) in [6.45, 7) is 3.93. The minimum atomic E-state index is 0.360. The first-order chi connectivity index (χ1) is 12.3. The molecule has 3 aliphatic rings. The van der Waals surface area contributed by atoms with E-state index in [4.69, 9.17) is 9.26 Å². The second-order valence-corrected chi connectivity index (χ2v) is 7.64. The fourth-order valence-corrected chi connectivity index (χ4v) is 4.35. The van der Waals surface area contributed by atoms with Crippen LogP contribution in [0.25, 0.3) is 11.4 Å². The number of rotatable bonds is 3. The van der Waals surface area contributed by atoms with Crippen LogP contribution in [-0.4, -0.2) is 41.4 Å². The number of piperidine rings is 1. The SMILES string of the molecule is c1cc(N2CCCCC2)ncc1-c1noc([C@H]2CC23CCOCC3)n1. The molecule has 25 heavy (non-hydrogen) atoms. The number of anilines is 1. The molecule has 1 aliphatic carbocycles. The topological polar surface area (TPSA) is 64.3 Å². The van der Waals surface area contributed by atoms with E-state index in [9.17, 15) is 0 Å².